The van der Waals surface area contributed by atoms with E-state index < -0.39 is 0 Å². The SMILES string of the molecule is COc1ccc(-c2coc3cc(OCC(=O)N4CCC(C)CC4)cc(O)c3c2=O)cc1. The number of amides is 1. The first kappa shape index (κ1) is 20.8. The minimum absolute atomic E-state index is 0.0667. The molecule has 1 N–H and O–H groups in total. The summed E-state index contributed by atoms with van der Waals surface area (Å²) in [4.78, 5) is 27.1. The number of rotatable bonds is 5. The normalized spacial score (nSPS) is 14.6. The first-order valence-electron chi connectivity index (χ1n) is 10.3. The van der Waals surface area contributed by atoms with E-state index in [1.807, 2.05) is 0 Å². The highest BCUT2D eigenvalue weighted by Gasteiger charge is 2.21. The van der Waals surface area contributed by atoms with Crippen LogP contribution in [0.4, 0.5) is 0 Å². The molecule has 1 aliphatic rings. The molecule has 1 amide bonds. The predicted molar refractivity (Wildman–Crippen MR) is 117 cm³/mol. The Bertz CT molecular complexity index is 1140. The van der Waals surface area contributed by atoms with Gasteiger partial charge in [0.25, 0.3) is 5.91 Å². The van der Waals surface area contributed by atoms with Gasteiger partial charge in [-0.2, -0.15) is 0 Å². The molecule has 31 heavy (non-hydrogen) atoms. The van der Waals surface area contributed by atoms with Gasteiger partial charge in [0.1, 0.15) is 34.5 Å². The molecule has 1 aromatic heterocycles. The van der Waals surface area contributed by atoms with Gasteiger partial charge in [0.2, 0.25) is 5.43 Å². The van der Waals surface area contributed by atoms with Crippen LogP contribution in [0, 0.1) is 5.92 Å². The van der Waals surface area contributed by atoms with Gasteiger partial charge in [-0.25, -0.2) is 0 Å². The van der Waals surface area contributed by atoms with E-state index in [-0.39, 0.29) is 40.4 Å². The summed E-state index contributed by atoms with van der Waals surface area (Å²) in [6, 6.07) is 9.84. The number of phenolic OH excluding ortho intramolecular Hbond substituents is 1. The number of fused-ring (bicyclic) bond motifs is 1. The molecule has 1 saturated heterocycles. The number of benzene rings is 2. The fourth-order valence-electron chi connectivity index (χ4n) is 3.76. The van der Waals surface area contributed by atoms with Gasteiger partial charge in [-0.1, -0.05) is 19.1 Å². The number of carbonyl (C=O) groups excluding carboxylic acids is 1. The van der Waals surface area contributed by atoms with E-state index in [4.69, 9.17) is 13.9 Å². The number of carbonyl (C=O) groups is 1. The zero-order valence-corrected chi connectivity index (χ0v) is 17.6. The molecular formula is C24H25NO6. The molecule has 2 aromatic carbocycles. The summed E-state index contributed by atoms with van der Waals surface area (Å²) in [7, 11) is 1.57. The third kappa shape index (κ3) is 4.35. The van der Waals surface area contributed by atoms with Crippen molar-refractivity contribution in [2.45, 2.75) is 19.8 Å². The highest BCUT2D eigenvalue weighted by molar-refractivity contribution is 5.88. The monoisotopic (exact) mass is 423 g/mol. The Balaban J connectivity index is 1.55. The standard InChI is InChI=1S/C24H25NO6/c1-15-7-9-25(10-8-15)22(27)14-30-18-11-20(26)23-21(12-18)31-13-19(24(23)28)16-3-5-17(29-2)6-4-16/h3-6,11-13,15,26H,7-10,14H2,1-2H3. The Morgan fingerprint density at radius 1 is 1.16 bits per heavy atom. The van der Waals surface area contributed by atoms with E-state index in [0.717, 1.165) is 25.9 Å². The van der Waals surface area contributed by atoms with Crippen LogP contribution in [0.2, 0.25) is 0 Å². The maximum atomic E-state index is 13.0. The third-order valence-electron chi connectivity index (χ3n) is 5.73. The molecule has 0 bridgehead atoms. The van der Waals surface area contributed by atoms with E-state index in [1.54, 1.807) is 36.3 Å². The minimum Gasteiger partial charge on any atom is -0.507 e. The molecule has 4 rings (SSSR count). The fourth-order valence-corrected chi connectivity index (χ4v) is 3.76. The van der Waals surface area contributed by atoms with Gasteiger partial charge in [-0.05, 0) is 36.5 Å². The van der Waals surface area contributed by atoms with Gasteiger partial charge in [0.05, 0.1) is 12.7 Å². The summed E-state index contributed by atoms with van der Waals surface area (Å²) >= 11 is 0. The summed E-state index contributed by atoms with van der Waals surface area (Å²) in [6.45, 7) is 3.52. The Hall–Kier alpha value is -3.48. The Morgan fingerprint density at radius 3 is 2.55 bits per heavy atom. The van der Waals surface area contributed by atoms with Crippen molar-refractivity contribution in [3.05, 3.63) is 52.9 Å². The van der Waals surface area contributed by atoms with Crippen LogP contribution in [-0.2, 0) is 4.79 Å². The maximum Gasteiger partial charge on any atom is 0.260 e. The highest BCUT2D eigenvalue weighted by atomic mass is 16.5. The molecule has 0 aliphatic carbocycles. The summed E-state index contributed by atoms with van der Waals surface area (Å²) in [5, 5.41) is 10.5. The second-order valence-corrected chi connectivity index (χ2v) is 7.87. The molecule has 0 atom stereocenters. The molecule has 0 radical (unpaired) electrons. The van der Waals surface area contributed by atoms with Crippen LogP contribution in [0.5, 0.6) is 17.2 Å². The fraction of sp³-hybridized carbons (Fsp3) is 0.333. The number of aromatic hydroxyl groups is 1. The molecule has 7 heteroatoms. The summed E-state index contributed by atoms with van der Waals surface area (Å²) in [5.41, 5.74) is 0.816. The molecule has 0 saturated carbocycles. The van der Waals surface area contributed by atoms with Crippen LogP contribution in [-0.4, -0.2) is 42.7 Å². The van der Waals surface area contributed by atoms with Gasteiger partial charge in [-0.15, -0.1) is 0 Å². The number of methoxy groups -OCH3 is 1. The molecule has 2 heterocycles. The van der Waals surface area contributed by atoms with Crippen molar-refractivity contribution >= 4 is 16.9 Å². The number of ether oxygens (including phenoxy) is 2. The number of hydrogen-bond donors (Lipinski definition) is 1. The first-order chi connectivity index (χ1) is 15.0. The zero-order chi connectivity index (χ0) is 22.0. The lowest BCUT2D eigenvalue weighted by Crippen LogP contribution is -2.40. The number of nitrogens with zero attached hydrogens (tertiary/aromatic N) is 1. The van der Waals surface area contributed by atoms with E-state index in [9.17, 15) is 14.7 Å². The first-order valence-corrected chi connectivity index (χ1v) is 10.3. The molecule has 162 valence electrons. The van der Waals surface area contributed by atoms with E-state index >= 15 is 0 Å². The molecule has 1 fully saturated rings. The number of likely N-dealkylation sites (tertiary alicyclic amines) is 1. The minimum atomic E-state index is -0.353. The Morgan fingerprint density at radius 2 is 1.87 bits per heavy atom. The van der Waals surface area contributed by atoms with Crippen molar-refractivity contribution in [1.82, 2.24) is 4.90 Å². The average molecular weight is 423 g/mol. The molecular weight excluding hydrogens is 398 g/mol. The third-order valence-corrected chi connectivity index (χ3v) is 5.73. The number of phenols is 1. The second-order valence-electron chi connectivity index (χ2n) is 7.87. The van der Waals surface area contributed by atoms with Gasteiger partial charge in [0, 0.05) is 25.2 Å². The van der Waals surface area contributed by atoms with E-state index in [1.165, 1.54) is 18.4 Å². The molecule has 7 nitrogen and oxygen atoms in total. The predicted octanol–water partition coefficient (Wildman–Crippen LogP) is 3.81. The van der Waals surface area contributed by atoms with Crippen LogP contribution in [0.1, 0.15) is 19.8 Å². The van der Waals surface area contributed by atoms with Crippen molar-refractivity contribution in [2.75, 3.05) is 26.8 Å². The van der Waals surface area contributed by atoms with Crippen molar-refractivity contribution in [1.29, 1.82) is 0 Å². The van der Waals surface area contributed by atoms with Crippen LogP contribution < -0.4 is 14.9 Å². The quantitative estimate of drug-likeness (QED) is 0.671. The van der Waals surface area contributed by atoms with Gasteiger partial charge >= 0.3 is 0 Å². The Kier molecular flexibility index (Phi) is 5.84. The van der Waals surface area contributed by atoms with Gasteiger partial charge < -0.3 is 23.9 Å². The van der Waals surface area contributed by atoms with Crippen LogP contribution in [0.25, 0.3) is 22.1 Å². The molecule has 0 unspecified atom stereocenters. The second kappa shape index (κ2) is 8.71. The maximum absolute atomic E-state index is 13.0. The lowest BCUT2D eigenvalue weighted by atomic mass is 9.99. The zero-order valence-electron chi connectivity index (χ0n) is 17.6. The van der Waals surface area contributed by atoms with Crippen LogP contribution >= 0.6 is 0 Å². The van der Waals surface area contributed by atoms with Crippen molar-refractivity contribution in [3.63, 3.8) is 0 Å². The van der Waals surface area contributed by atoms with Gasteiger partial charge in [0.15, 0.2) is 6.61 Å². The topological polar surface area (TPSA) is 89.2 Å². The van der Waals surface area contributed by atoms with E-state index in [2.05, 4.69) is 6.92 Å². The highest BCUT2D eigenvalue weighted by Crippen LogP contribution is 2.31. The van der Waals surface area contributed by atoms with Gasteiger partial charge in [-0.3, -0.25) is 9.59 Å². The average Bonchev–Trinajstić information content (AvgIpc) is 2.78. The molecule has 0 spiro atoms. The van der Waals surface area contributed by atoms with Crippen LogP contribution in [0.15, 0.2) is 51.9 Å². The smallest absolute Gasteiger partial charge is 0.260 e. The van der Waals surface area contributed by atoms with Crippen molar-refractivity contribution in [3.8, 4) is 28.4 Å². The number of hydrogen-bond acceptors (Lipinski definition) is 6. The summed E-state index contributed by atoms with van der Waals surface area (Å²) in [5.74, 6) is 1.23. The number of piperidine rings is 1. The molecule has 3 aromatic rings. The van der Waals surface area contributed by atoms with Crippen molar-refractivity contribution in [2.24, 2.45) is 5.92 Å². The summed E-state index contributed by atoms with van der Waals surface area (Å²) < 4.78 is 16.4. The summed E-state index contributed by atoms with van der Waals surface area (Å²) in [6.07, 6.45) is 3.34. The largest absolute Gasteiger partial charge is 0.507 e. The Labute approximate surface area is 179 Å². The van der Waals surface area contributed by atoms with Crippen molar-refractivity contribution < 1.29 is 23.8 Å². The lowest BCUT2D eigenvalue weighted by Gasteiger charge is -2.30. The van der Waals surface area contributed by atoms with Crippen LogP contribution in [0.3, 0.4) is 0 Å². The molecule has 1 aliphatic heterocycles. The van der Waals surface area contributed by atoms with E-state index in [0.29, 0.717) is 22.8 Å². The lowest BCUT2D eigenvalue weighted by molar-refractivity contribution is -0.134.